The molecule has 0 saturated heterocycles. The molecule has 8 nitrogen and oxygen atoms in total. The van der Waals surface area contributed by atoms with E-state index in [0.717, 1.165) is 5.69 Å². The van der Waals surface area contributed by atoms with Crippen LogP contribution in [0.3, 0.4) is 0 Å². The zero-order valence-corrected chi connectivity index (χ0v) is 10.4. The van der Waals surface area contributed by atoms with Crippen LogP contribution in [0.5, 0.6) is 0 Å². The lowest BCUT2D eigenvalue weighted by Crippen LogP contribution is -2.11. The van der Waals surface area contributed by atoms with Gasteiger partial charge in [-0.25, -0.2) is 4.98 Å². The first-order valence-corrected chi connectivity index (χ1v) is 5.69. The minimum atomic E-state index is -0.487. The van der Waals surface area contributed by atoms with Gasteiger partial charge in [0.25, 0.3) is 0 Å². The monoisotopic (exact) mass is 262 g/mol. The summed E-state index contributed by atoms with van der Waals surface area (Å²) in [5, 5.41) is 17.8. The number of aromatic nitrogens is 3. The summed E-state index contributed by atoms with van der Waals surface area (Å²) < 4.78 is 1.75. The van der Waals surface area contributed by atoms with Gasteiger partial charge in [-0.1, -0.05) is 0 Å². The van der Waals surface area contributed by atoms with E-state index in [1.165, 1.54) is 12.1 Å². The number of anilines is 2. The molecule has 0 amide bonds. The van der Waals surface area contributed by atoms with E-state index < -0.39 is 4.92 Å². The molecule has 2 aromatic rings. The van der Waals surface area contributed by atoms with Gasteiger partial charge >= 0.3 is 5.69 Å². The van der Waals surface area contributed by atoms with Crippen LogP contribution in [0.25, 0.3) is 0 Å². The van der Waals surface area contributed by atoms with E-state index in [1.54, 1.807) is 10.9 Å². The third-order valence-corrected chi connectivity index (χ3v) is 2.69. The molecule has 0 unspecified atom stereocenters. The van der Waals surface area contributed by atoms with Crippen molar-refractivity contribution in [3.63, 3.8) is 0 Å². The molecule has 3 N–H and O–H groups in total. The Hall–Kier alpha value is -2.64. The van der Waals surface area contributed by atoms with E-state index in [4.69, 9.17) is 5.73 Å². The van der Waals surface area contributed by atoms with Gasteiger partial charge in [-0.15, -0.1) is 0 Å². The Morgan fingerprint density at radius 2 is 2.26 bits per heavy atom. The number of nitro groups is 1. The molecule has 0 bridgehead atoms. The highest BCUT2D eigenvalue weighted by atomic mass is 16.6. The summed E-state index contributed by atoms with van der Waals surface area (Å²) in [5.41, 5.74) is 6.47. The molecule has 0 aliphatic heterocycles. The molecule has 2 aromatic heterocycles. The Balaban J connectivity index is 2.05. The minimum Gasteiger partial charge on any atom is -0.384 e. The van der Waals surface area contributed by atoms with Gasteiger partial charge in [0.1, 0.15) is 5.82 Å². The highest BCUT2D eigenvalue weighted by molar-refractivity contribution is 5.59. The third-order valence-electron chi connectivity index (χ3n) is 2.69. The van der Waals surface area contributed by atoms with Gasteiger partial charge in [0.05, 0.1) is 4.92 Å². The van der Waals surface area contributed by atoms with E-state index in [-0.39, 0.29) is 17.3 Å². The molecule has 0 saturated carbocycles. The summed E-state index contributed by atoms with van der Waals surface area (Å²) in [4.78, 5) is 14.3. The Bertz CT molecular complexity index is 595. The van der Waals surface area contributed by atoms with Crippen LogP contribution in [0, 0.1) is 10.1 Å². The van der Waals surface area contributed by atoms with Crippen molar-refractivity contribution in [3.05, 3.63) is 40.2 Å². The summed E-state index contributed by atoms with van der Waals surface area (Å²) in [5.74, 6) is 0.431. The second-order valence-corrected chi connectivity index (χ2v) is 3.98. The molecule has 0 atom stereocenters. The highest BCUT2D eigenvalue weighted by Gasteiger charge is 2.14. The van der Waals surface area contributed by atoms with Crippen molar-refractivity contribution >= 4 is 17.3 Å². The fraction of sp³-hybridized carbons (Fsp3) is 0.273. The number of rotatable bonds is 5. The maximum absolute atomic E-state index is 10.8. The average molecular weight is 262 g/mol. The maximum atomic E-state index is 10.8. The highest BCUT2D eigenvalue weighted by Crippen LogP contribution is 2.22. The van der Waals surface area contributed by atoms with E-state index in [0.29, 0.717) is 13.0 Å². The SMILES string of the molecule is Cn1nccc1CCNc1nc(N)ccc1[N+](=O)[O-]. The lowest BCUT2D eigenvalue weighted by Gasteiger charge is -2.07. The van der Waals surface area contributed by atoms with Crippen molar-refractivity contribution in [3.8, 4) is 0 Å². The van der Waals surface area contributed by atoms with Crippen LogP contribution in [0.4, 0.5) is 17.3 Å². The van der Waals surface area contributed by atoms with Gasteiger partial charge in [-0.2, -0.15) is 5.10 Å². The standard InChI is InChI=1S/C11H14N6O2/c1-16-8(5-7-14-16)4-6-13-11-9(17(18)19)2-3-10(12)15-11/h2-3,5,7H,4,6H2,1H3,(H3,12,13,15). The van der Waals surface area contributed by atoms with Gasteiger partial charge in [-0.3, -0.25) is 14.8 Å². The number of pyridine rings is 1. The zero-order chi connectivity index (χ0) is 13.8. The van der Waals surface area contributed by atoms with Crippen molar-refractivity contribution in [2.24, 2.45) is 7.05 Å². The number of aryl methyl sites for hydroxylation is 1. The molecule has 0 aliphatic rings. The average Bonchev–Trinajstić information content (AvgIpc) is 2.75. The maximum Gasteiger partial charge on any atom is 0.311 e. The quantitative estimate of drug-likeness (QED) is 0.613. The smallest absolute Gasteiger partial charge is 0.311 e. The first kappa shape index (κ1) is 12.8. The molecule has 2 heterocycles. The van der Waals surface area contributed by atoms with Gasteiger partial charge in [0.15, 0.2) is 0 Å². The molecular weight excluding hydrogens is 248 g/mol. The largest absolute Gasteiger partial charge is 0.384 e. The normalized spacial score (nSPS) is 10.4. The fourth-order valence-corrected chi connectivity index (χ4v) is 1.70. The number of nitrogen functional groups attached to an aromatic ring is 1. The lowest BCUT2D eigenvalue weighted by molar-refractivity contribution is -0.384. The summed E-state index contributed by atoms with van der Waals surface area (Å²) in [6, 6.07) is 4.64. The summed E-state index contributed by atoms with van der Waals surface area (Å²) >= 11 is 0. The van der Waals surface area contributed by atoms with Crippen LogP contribution in [0.15, 0.2) is 24.4 Å². The number of nitrogens with one attached hydrogen (secondary N) is 1. The van der Waals surface area contributed by atoms with E-state index in [9.17, 15) is 10.1 Å². The summed E-state index contributed by atoms with van der Waals surface area (Å²) in [7, 11) is 1.84. The number of nitrogens with zero attached hydrogens (tertiary/aromatic N) is 4. The van der Waals surface area contributed by atoms with Crippen LogP contribution >= 0.6 is 0 Å². The fourth-order valence-electron chi connectivity index (χ4n) is 1.70. The van der Waals surface area contributed by atoms with E-state index >= 15 is 0 Å². The summed E-state index contributed by atoms with van der Waals surface area (Å²) in [6.07, 6.45) is 2.39. The van der Waals surface area contributed by atoms with Crippen molar-refractivity contribution in [2.75, 3.05) is 17.6 Å². The van der Waals surface area contributed by atoms with Gasteiger partial charge in [0.2, 0.25) is 5.82 Å². The first-order chi connectivity index (χ1) is 9.08. The van der Waals surface area contributed by atoms with Gasteiger partial charge in [-0.05, 0) is 12.1 Å². The van der Waals surface area contributed by atoms with Gasteiger partial charge in [0, 0.05) is 38.0 Å². The predicted octanol–water partition coefficient (Wildman–Crippen LogP) is 0.960. The third kappa shape index (κ3) is 2.97. The Labute approximate surface area is 109 Å². The number of nitrogens with two attached hydrogens (primary N) is 1. The predicted molar refractivity (Wildman–Crippen MR) is 70.7 cm³/mol. The lowest BCUT2D eigenvalue weighted by atomic mass is 10.3. The zero-order valence-electron chi connectivity index (χ0n) is 10.4. The van der Waals surface area contributed by atoms with Crippen LogP contribution in [-0.4, -0.2) is 26.2 Å². The molecule has 8 heteroatoms. The van der Waals surface area contributed by atoms with Crippen LogP contribution in [-0.2, 0) is 13.5 Å². The van der Waals surface area contributed by atoms with Crippen LogP contribution in [0.2, 0.25) is 0 Å². The van der Waals surface area contributed by atoms with Crippen molar-refractivity contribution in [1.82, 2.24) is 14.8 Å². The molecule has 0 aliphatic carbocycles. The number of hydrogen-bond donors (Lipinski definition) is 2. The molecule has 19 heavy (non-hydrogen) atoms. The van der Waals surface area contributed by atoms with E-state index in [2.05, 4.69) is 15.4 Å². The number of hydrogen-bond acceptors (Lipinski definition) is 6. The van der Waals surface area contributed by atoms with Crippen molar-refractivity contribution in [2.45, 2.75) is 6.42 Å². The second kappa shape index (κ2) is 5.34. The van der Waals surface area contributed by atoms with Crippen LogP contribution < -0.4 is 11.1 Å². The molecule has 0 spiro atoms. The molecule has 0 aromatic carbocycles. The minimum absolute atomic E-state index is 0.0841. The first-order valence-electron chi connectivity index (χ1n) is 5.69. The Morgan fingerprint density at radius 3 is 2.89 bits per heavy atom. The topological polar surface area (TPSA) is 112 Å². The Kier molecular flexibility index (Phi) is 3.60. The van der Waals surface area contributed by atoms with Crippen molar-refractivity contribution < 1.29 is 4.92 Å². The van der Waals surface area contributed by atoms with Gasteiger partial charge < -0.3 is 11.1 Å². The Morgan fingerprint density at radius 1 is 1.47 bits per heavy atom. The summed E-state index contributed by atoms with van der Waals surface area (Å²) in [6.45, 7) is 0.511. The molecule has 0 fully saturated rings. The van der Waals surface area contributed by atoms with Crippen molar-refractivity contribution in [1.29, 1.82) is 0 Å². The molecule has 100 valence electrons. The molecular formula is C11H14N6O2. The van der Waals surface area contributed by atoms with E-state index in [1.807, 2.05) is 13.1 Å². The second-order valence-electron chi connectivity index (χ2n) is 3.98. The molecule has 2 rings (SSSR count). The molecule has 0 radical (unpaired) electrons. The van der Waals surface area contributed by atoms with Crippen LogP contribution in [0.1, 0.15) is 5.69 Å².